The number of nitrogens with one attached hydrogen (secondary N) is 1. The molecular formula is C19H22ClNS. The zero-order chi connectivity index (χ0) is 15.5. The molecule has 0 saturated heterocycles. The normalized spacial score (nSPS) is 14.1. The van der Waals surface area contributed by atoms with Crippen LogP contribution in [0.15, 0.2) is 41.3 Å². The topological polar surface area (TPSA) is 12.0 Å². The molecule has 3 heteroatoms. The predicted octanol–water partition coefficient (Wildman–Crippen LogP) is 6.11. The molecule has 116 valence electrons. The van der Waals surface area contributed by atoms with Crippen LogP contribution in [0.3, 0.4) is 0 Å². The Balaban J connectivity index is 1.84. The van der Waals surface area contributed by atoms with E-state index in [4.69, 9.17) is 11.6 Å². The lowest BCUT2D eigenvalue weighted by atomic mass is 10.0. The smallest absolute Gasteiger partial charge is 0.0542 e. The molecule has 0 spiro atoms. The average molecular weight is 332 g/mol. The molecule has 22 heavy (non-hydrogen) atoms. The van der Waals surface area contributed by atoms with E-state index in [0.717, 1.165) is 23.1 Å². The standard InChI is InChI=1S/C19H22ClNS/c1-3-13-7-10-17(20)19(11-13)22-12-16-15(14-8-9-14)5-4-6-18(16)21-2/h4-7,10-11,14,21H,3,8-9,12H2,1-2H3. The highest BCUT2D eigenvalue weighted by Crippen LogP contribution is 2.45. The highest BCUT2D eigenvalue weighted by molar-refractivity contribution is 7.98. The van der Waals surface area contributed by atoms with Gasteiger partial charge in [-0.2, -0.15) is 0 Å². The number of hydrogen-bond donors (Lipinski definition) is 1. The Hall–Kier alpha value is -1.12. The maximum Gasteiger partial charge on any atom is 0.0542 e. The second-order valence-electron chi connectivity index (χ2n) is 5.80. The van der Waals surface area contributed by atoms with Crippen LogP contribution < -0.4 is 5.32 Å². The minimum absolute atomic E-state index is 0.765. The second kappa shape index (κ2) is 6.97. The molecule has 0 radical (unpaired) electrons. The van der Waals surface area contributed by atoms with Crippen molar-refractivity contribution in [1.29, 1.82) is 0 Å². The molecule has 0 atom stereocenters. The Bertz CT molecular complexity index is 664. The van der Waals surface area contributed by atoms with E-state index in [1.165, 1.54) is 40.1 Å². The summed E-state index contributed by atoms with van der Waals surface area (Å²) in [5, 5.41) is 4.20. The minimum atomic E-state index is 0.765. The molecule has 0 aromatic heterocycles. The first-order valence-electron chi connectivity index (χ1n) is 7.93. The first-order valence-corrected chi connectivity index (χ1v) is 9.30. The van der Waals surface area contributed by atoms with Crippen LogP contribution >= 0.6 is 23.4 Å². The van der Waals surface area contributed by atoms with Crippen LogP contribution in [0, 0.1) is 0 Å². The Kier molecular flexibility index (Phi) is 5.00. The first-order chi connectivity index (χ1) is 10.7. The Morgan fingerprint density at radius 2 is 2.05 bits per heavy atom. The van der Waals surface area contributed by atoms with Crippen LogP contribution in [0.5, 0.6) is 0 Å². The Labute approximate surface area is 142 Å². The molecule has 1 aliphatic rings. The zero-order valence-electron chi connectivity index (χ0n) is 13.2. The van der Waals surface area contributed by atoms with Crippen LogP contribution in [-0.4, -0.2) is 7.05 Å². The molecule has 1 fully saturated rings. The van der Waals surface area contributed by atoms with Crippen molar-refractivity contribution in [3.05, 3.63) is 58.1 Å². The molecule has 2 aromatic carbocycles. The van der Waals surface area contributed by atoms with Gasteiger partial charge in [-0.3, -0.25) is 0 Å². The largest absolute Gasteiger partial charge is 0.388 e. The lowest BCUT2D eigenvalue weighted by Gasteiger charge is -2.15. The van der Waals surface area contributed by atoms with Crippen molar-refractivity contribution >= 4 is 29.1 Å². The van der Waals surface area contributed by atoms with Crippen LogP contribution in [0.2, 0.25) is 5.02 Å². The number of rotatable bonds is 6. The highest BCUT2D eigenvalue weighted by Gasteiger charge is 2.26. The monoisotopic (exact) mass is 331 g/mol. The Morgan fingerprint density at radius 1 is 1.23 bits per heavy atom. The van der Waals surface area contributed by atoms with Crippen molar-refractivity contribution in [2.45, 2.75) is 42.8 Å². The molecule has 2 aromatic rings. The van der Waals surface area contributed by atoms with Gasteiger partial charge in [-0.05, 0) is 60.1 Å². The third kappa shape index (κ3) is 3.44. The van der Waals surface area contributed by atoms with Crippen LogP contribution in [0.4, 0.5) is 5.69 Å². The van der Waals surface area contributed by atoms with Crippen molar-refractivity contribution < 1.29 is 0 Å². The number of aryl methyl sites for hydroxylation is 1. The molecule has 1 aliphatic carbocycles. The van der Waals surface area contributed by atoms with E-state index in [1.807, 2.05) is 24.9 Å². The number of anilines is 1. The van der Waals surface area contributed by atoms with Gasteiger partial charge in [-0.15, -0.1) is 11.8 Å². The van der Waals surface area contributed by atoms with Gasteiger partial charge in [0.05, 0.1) is 5.02 Å². The fourth-order valence-electron chi connectivity index (χ4n) is 2.81. The molecule has 1 saturated carbocycles. The molecule has 1 N–H and O–H groups in total. The molecule has 1 nitrogen and oxygen atoms in total. The van der Waals surface area contributed by atoms with E-state index in [-0.39, 0.29) is 0 Å². The maximum absolute atomic E-state index is 6.37. The van der Waals surface area contributed by atoms with Gasteiger partial charge in [0, 0.05) is 23.4 Å². The van der Waals surface area contributed by atoms with E-state index < -0.39 is 0 Å². The summed E-state index contributed by atoms with van der Waals surface area (Å²) in [6, 6.07) is 13.0. The molecule has 0 unspecified atom stereocenters. The third-order valence-electron chi connectivity index (χ3n) is 4.27. The summed E-state index contributed by atoms with van der Waals surface area (Å²) in [4.78, 5) is 1.19. The lowest BCUT2D eigenvalue weighted by Crippen LogP contribution is -1.99. The molecule has 3 rings (SSSR count). The molecule has 0 aliphatic heterocycles. The summed E-state index contributed by atoms with van der Waals surface area (Å²) in [6.45, 7) is 2.18. The molecule has 0 heterocycles. The first kappa shape index (κ1) is 15.8. The average Bonchev–Trinajstić information content (AvgIpc) is 3.38. The molecule has 0 amide bonds. The second-order valence-corrected chi connectivity index (χ2v) is 7.23. The number of halogens is 1. The van der Waals surface area contributed by atoms with Crippen molar-refractivity contribution in [1.82, 2.24) is 0 Å². The number of thioether (sulfide) groups is 1. The van der Waals surface area contributed by atoms with Gasteiger partial charge < -0.3 is 5.32 Å². The fourth-order valence-corrected chi connectivity index (χ4v) is 4.15. The zero-order valence-corrected chi connectivity index (χ0v) is 14.7. The van der Waals surface area contributed by atoms with E-state index >= 15 is 0 Å². The van der Waals surface area contributed by atoms with E-state index in [1.54, 1.807) is 0 Å². The highest BCUT2D eigenvalue weighted by atomic mass is 35.5. The van der Waals surface area contributed by atoms with Crippen molar-refractivity contribution in [3.8, 4) is 0 Å². The van der Waals surface area contributed by atoms with Gasteiger partial charge >= 0.3 is 0 Å². The van der Waals surface area contributed by atoms with E-state index in [2.05, 4.69) is 42.6 Å². The van der Waals surface area contributed by atoms with Gasteiger partial charge in [0.25, 0.3) is 0 Å². The van der Waals surface area contributed by atoms with Crippen molar-refractivity contribution in [3.63, 3.8) is 0 Å². The van der Waals surface area contributed by atoms with Crippen molar-refractivity contribution in [2.75, 3.05) is 12.4 Å². The number of benzene rings is 2. The van der Waals surface area contributed by atoms with Gasteiger partial charge in [-0.1, -0.05) is 36.7 Å². The summed E-state index contributed by atoms with van der Waals surface area (Å²) in [5.74, 6) is 1.73. The quantitative estimate of drug-likeness (QED) is 0.640. The van der Waals surface area contributed by atoms with Crippen LogP contribution in [0.25, 0.3) is 0 Å². The maximum atomic E-state index is 6.37. The molecular weight excluding hydrogens is 310 g/mol. The van der Waals surface area contributed by atoms with Gasteiger partial charge in [0.2, 0.25) is 0 Å². The SMILES string of the molecule is CCc1ccc(Cl)c(SCc2c(NC)cccc2C2CC2)c1. The summed E-state index contributed by atoms with van der Waals surface area (Å²) >= 11 is 8.22. The minimum Gasteiger partial charge on any atom is -0.388 e. The third-order valence-corrected chi connectivity index (χ3v) is 5.80. The van der Waals surface area contributed by atoms with Gasteiger partial charge in [-0.25, -0.2) is 0 Å². The summed E-state index contributed by atoms with van der Waals surface area (Å²) in [7, 11) is 2.00. The Morgan fingerprint density at radius 3 is 2.73 bits per heavy atom. The summed E-state index contributed by atoms with van der Waals surface area (Å²) in [6.07, 6.45) is 3.71. The van der Waals surface area contributed by atoms with Crippen LogP contribution in [0.1, 0.15) is 42.4 Å². The van der Waals surface area contributed by atoms with E-state index in [0.29, 0.717) is 0 Å². The summed E-state index contributed by atoms with van der Waals surface area (Å²) < 4.78 is 0. The lowest BCUT2D eigenvalue weighted by molar-refractivity contribution is 1.09. The number of hydrogen-bond acceptors (Lipinski definition) is 2. The van der Waals surface area contributed by atoms with Gasteiger partial charge in [0.1, 0.15) is 0 Å². The van der Waals surface area contributed by atoms with Gasteiger partial charge in [0.15, 0.2) is 0 Å². The fraction of sp³-hybridized carbons (Fsp3) is 0.368. The summed E-state index contributed by atoms with van der Waals surface area (Å²) in [5.41, 5.74) is 5.55. The predicted molar refractivity (Wildman–Crippen MR) is 98.4 cm³/mol. The van der Waals surface area contributed by atoms with Crippen LogP contribution in [-0.2, 0) is 12.2 Å². The van der Waals surface area contributed by atoms with E-state index in [9.17, 15) is 0 Å². The molecule has 0 bridgehead atoms. The van der Waals surface area contributed by atoms with Crippen molar-refractivity contribution in [2.24, 2.45) is 0 Å².